The summed E-state index contributed by atoms with van der Waals surface area (Å²) in [6, 6.07) is 3.84. The summed E-state index contributed by atoms with van der Waals surface area (Å²) in [7, 11) is 1.78. The van der Waals surface area contributed by atoms with Gasteiger partial charge in [0.25, 0.3) is 0 Å². The lowest BCUT2D eigenvalue weighted by molar-refractivity contribution is -0.150. The van der Waals surface area contributed by atoms with Gasteiger partial charge >= 0.3 is 0 Å². The third-order valence-corrected chi connectivity index (χ3v) is 4.25. The molecule has 1 aromatic heterocycles. The van der Waals surface area contributed by atoms with Crippen molar-refractivity contribution < 1.29 is 14.3 Å². The zero-order valence-electron chi connectivity index (χ0n) is 12.1. The van der Waals surface area contributed by atoms with Crippen molar-refractivity contribution >= 4 is 11.8 Å². The fourth-order valence-corrected chi connectivity index (χ4v) is 2.92. The molecule has 2 fully saturated rings. The van der Waals surface area contributed by atoms with Gasteiger partial charge in [0, 0.05) is 39.0 Å². The number of morpholine rings is 1. The maximum absolute atomic E-state index is 12.3. The number of carbonyl (C=O) groups excluding carboxylic acids is 2. The summed E-state index contributed by atoms with van der Waals surface area (Å²) < 4.78 is 5.53. The minimum absolute atomic E-state index is 0.00593. The number of likely N-dealkylation sites (tertiary alicyclic amines) is 1. The second-order valence-corrected chi connectivity index (χ2v) is 5.58. The molecule has 0 unspecified atom stereocenters. The van der Waals surface area contributed by atoms with Crippen LogP contribution in [-0.2, 0) is 20.7 Å². The molecule has 0 spiro atoms. The fourth-order valence-electron chi connectivity index (χ4n) is 2.92. The number of rotatable bonds is 3. The van der Waals surface area contributed by atoms with Gasteiger partial charge in [-0.15, -0.1) is 0 Å². The van der Waals surface area contributed by atoms with E-state index in [-0.39, 0.29) is 30.6 Å². The summed E-state index contributed by atoms with van der Waals surface area (Å²) in [6.07, 6.45) is 4.61. The summed E-state index contributed by atoms with van der Waals surface area (Å²) >= 11 is 0. The standard InChI is InChI=1S/C15H19N3O3/c1-17-12-8-18(9-13(12)21-10-15(17)20)14(19)5-4-11-3-2-6-16-7-11/h2-3,6-7,12-13H,4-5,8-10H2,1H3/t12-,13-/m0/s1. The van der Waals surface area contributed by atoms with Crippen molar-refractivity contribution in [3.63, 3.8) is 0 Å². The van der Waals surface area contributed by atoms with E-state index >= 15 is 0 Å². The third-order valence-electron chi connectivity index (χ3n) is 4.25. The molecule has 21 heavy (non-hydrogen) atoms. The number of fused-ring (bicyclic) bond motifs is 1. The Morgan fingerprint density at radius 2 is 2.33 bits per heavy atom. The number of aryl methyl sites for hydroxylation is 1. The van der Waals surface area contributed by atoms with Gasteiger partial charge in [-0.25, -0.2) is 0 Å². The number of hydrogen-bond donors (Lipinski definition) is 0. The molecule has 0 saturated carbocycles. The molecule has 0 aliphatic carbocycles. The van der Waals surface area contributed by atoms with Crippen LogP contribution in [0.25, 0.3) is 0 Å². The van der Waals surface area contributed by atoms with Crippen LogP contribution in [0.4, 0.5) is 0 Å². The summed E-state index contributed by atoms with van der Waals surface area (Å²) in [4.78, 5) is 31.5. The SMILES string of the molecule is CN1C(=O)CO[C@H]2CN(C(=O)CCc3cccnc3)C[C@@H]21. The predicted molar refractivity (Wildman–Crippen MR) is 75.4 cm³/mol. The second-order valence-electron chi connectivity index (χ2n) is 5.58. The van der Waals surface area contributed by atoms with Gasteiger partial charge in [-0.1, -0.05) is 6.07 Å². The van der Waals surface area contributed by atoms with Crippen molar-refractivity contribution in [2.24, 2.45) is 0 Å². The van der Waals surface area contributed by atoms with Crippen LogP contribution in [0.5, 0.6) is 0 Å². The highest BCUT2D eigenvalue weighted by Crippen LogP contribution is 2.23. The molecule has 0 radical (unpaired) electrons. The number of amides is 2. The Balaban J connectivity index is 1.56. The zero-order chi connectivity index (χ0) is 14.8. The van der Waals surface area contributed by atoms with Gasteiger partial charge in [-0.3, -0.25) is 14.6 Å². The zero-order valence-corrected chi connectivity index (χ0v) is 12.1. The lowest BCUT2D eigenvalue weighted by Crippen LogP contribution is -2.51. The molecule has 2 atom stereocenters. The van der Waals surface area contributed by atoms with Crippen LogP contribution < -0.4 is 0 Å². The average Bonchev–Trinajstić information content (AvgIpc) is 2.95. The lowest BCUT2D eigenvalue weighted by Gasteiger charge is -2.33. The first-order chi connectivity index (χ1) is 10.1. The van der Waals surface area contributed by atoms with E-state index in [2.05, 4.69) is 4.98 Å². The molecule has 2 amide bonds. The lowest BCUT2D eigenvalue weighted by atomic mass is 10.1. The number of hydrogen-bond acceptors (Lipinski definition) is 4. The minimum Gasteiger partial charge on any atom is -0.364 e. The van der Waals surface area contributed by atoms with Gasteiger partial charge in [0.05, 0.1) is 12.1 Å². The Bertz CT molecular complexity index is 534. The summed E-state index contributed by atoms with van der Waals surface area (Å²) in [6.45, 7) is 1.27. The molecule has 6 nitrogen and oxygen atoms in total. The second kappa shape index (κ2) is 5.81. The normalized spacial score (nSPS) is 25.1. The average molecular weight is 289 g/mol. The van der Waals surface area contributed by atoms with E-state index in [0.717, 1.165) is 5.56 Å². The summed E-state index contributed by atoms with van der Waals surface area (Å²) in [5.41, 5.74) is 1.06. The first-order valence-corrected chi connectivity index (χ1v) is 7.19. The number of nitrogens with zero attached hydrogens (tertiary/aromatic N) is 3. The van der Waals surface area contributed by atoms with E-state index in [1.165, 1.54) is 0 Å². The molecule has 2 aliphatic rings. The number of carbonyl (C=O) groups is 2. The van der Waals surface area contributed by atoms with Gasteiger partial charge in [0.15, 0.2) is 0 Å². The van der Waals surface area contributed by atoms with Crippen LogP contribution in [0, 0.1) is 0 Å². The topological polar surface area (TPSA) is 62.7 Å². The Morgan fingerprint density at radius 3 is 3.10 bits per heavy atom. The smallest absolute Gasteiger partial charge is 0.248 e. The van der Waals surface area contributed by atoms with Gasteiger partial charge in [0.1, 0.15) is 6.61 Å². The Hall–Kier alpha value is -1.95. The molecule has 0 N–H and O–H groups in total. The molecule has 2 aliphatic heterocycles. The van der Waals surface area contributed by atoms with E-state index < -0.39 is 0 Å². The van der Waals surface area contributed by atoms with E-state index in [0.29, 0.717) is 25.9 Å². The van der Waals surface area contributed by atoms with Crippen molar-refractivity contribution in [1.29, 1.82) is 0 Å². The van der Waals surface area contributed by atoms with Gasteiger partial charge < -0.3 is 14.5 Å². The van der Waals surface area contributed by atoms with Gasteiger partial charge in [-0.2, -0.15) is 0 Å². The summed E-state index contributed by atoms with van der Waals surface area (Å²) in [5, 5.41) is 0. The quantitative estimate of drug-likeness (QED) is 0.791. The highest BCUT2D eigenvalue weighted by Gasteiger charge is 2.42. The highest BCUT2D eigenvalue weighted by molar-refractivity contribution is 5.80. The van der Waals surface area contributed by atoms with E-state index in [1.54, 1.807) is 29.2 Å². The molecule has 1 aromatic rings. The van der Waals surface area contributed by atoms with Crippen molar-refractivity contribution in [1.82, 2.24) is 14.8 Å². The molecular weight excluding hydrogens is 270 g/mol. The maximum Gasteiger partial charge on any atom is 0.248 e. The van der Waals surface area contributed by atoms with E-state index in [1.807, 2.05) is 12.1 Å². The van der Waals surface area contributed by atoms with Crippen molar-refractivity contribution in [2.75, 3.05) is 26.7 Å². The van der Waals surface area contributed by atoms with Crippen LogP contribution in [0.3, 0.4) is 0 Å². The van der Waals surface area contributed by atoms with Gasteiger partial charge in [0.2, 0.25) is 11.8 Å². The minimum atomic E-state index is -0.0463. The molecule has 6 heteroatoms. The maximum atomic E-state index is 12.3. The number of ether oxygens (including phenoxy) is 1. The Labute approximate surface area is 123 Å². The highest BCUT2D eigenvalue weighted by atomic mass is 16.5. The van der Waals surface area contributed by atoms with Crippen LogP contribution in [0.15, 0.2) is 24.5 Å². The van der Waals surface area contributed by atoms with E-state index in [4.69, 9.17) is 4.74 Å². The van der Waals surface area contributed by atoms with Crippen molar-refractivity contribution in [3.8, 4) is 0 Å². The van der Waals surface area contributed by atoms with Crippen LogP contribution in [0.1, 0.15) is 12.0 Å². The number of aromatic nitrogens is 1. The largest absolute Gasteiger partial charge is 0.364 e. The fraction of sp³-hybridized carbons (Fsp3) is 0.533. The van der Waals surface area contributed by atoms with Crippen molar-refractivity contribution in [3.05, 3.63) is 30.1 Å². The van der Waals surface area contributed by atoms with Crippen LogP contribution >= 0.6 is 0 Å². The molecule has 3 rings (SSSR count). The molecule has 0 aromatic carbocycles. The molecule has 2 saturated heterocycles. The molecule has 112 valence electrons. The molecule has 3 heterocycles. The number of pyridine rings is 1. The first kappa shape index (κ1) is 14.0. The van der Waals surface area contributed by atoms with Crippen molar-refractivity contribution in [2.45, 2.75) is 25.0 Å². The Morgan fingerprint density at radius 1 is 1.48 bits per heavy atom. The van der Waals surface area contributed by atoms with E-state index in [9.17, 15) is 9.59 Å². The number of likely N-dealkylation sites (N-methyl/N-ethyl adjacent to an activating group) is 1. The summed E-state index contributed by atoms with van der Waals surface area (Å²) in [5.74, 6) is 0.0959. The van der Waals surface area contributed by atoms with Gasteiger partial charge in [-0.05, 0) is 18.1 Å². The molecule has 0 bridgehead atoms. The first-order valence-electron chi connectivity index (χ1n) is 7.19. The monoisotopic (exact) mass is 289 g/mol. The Kier molecular flexibility index (Phi) is 3.88. The molecular formula is C15H19N3O3. The third kappa shape index (κ3) is 2.90. The van der Waals surface area contributed by atoms with Crippen LogP contribution in [-0.4, -0.2) is 65.5 Å². The predicted octanol–water partition coefficient (Wildman–Crippen LogP) is 0.0822. The van der Waals surface area contributed by atoms with Crippen LogP contribution in [0.2, 0.25) is 0 Å².